The van der Waals surface area contributed by atoms with Crippen LogP contribution in [0, 0.1) is 5.92 Å². The van der Waals surface area contributed by atoms with E-state index >= 15 is 0 Å². The molecular formula is C27H52N2O3Si. The van der Waals surface area contributed by atoms with Gasteiger partial charge in [0.05, 0.1) is 20.3 Å². The monoisotopic (exact) mass is 480 g/mol. The van der Waals surface area contributed by atoms with Crippen LogP contribution in [-0.4, -0.2) is 52.5 Å². The van der Waals surface area contributed by atoms with Crippen molar-refractivity contribution in [2.24, 2.45) is 15.9 Å². The van der Waals surface area contributed by atoms with Crippen molar-refractivity contribution in [1.82, 2.24) is 0 Å². The van der Waals surface area contributed by atoms with Gasteiger partial charge in [-0.1, -0.05) is 79.4 Å². The number of hydrogen-bond donors (Lipinski definition) is 0. The summed E-state index contributed by atoms with van der Waals surface area (Å²) in [5.41, 5.74) is 0. The topological polar surface area (TPSA) is 52.4 Å². The SMILES string of the molecule is CCCCCCCC=CCC[C@H](O[Si](C)(C)C(C)(C)C)[C@@H]1N=C(OC)[C@@H](C(C)C)N=C1OC. The second-order valence-electron chi connectivity index (χ2n) is 11.1. The molecule has 192 valence electrons. The maximum absolute atomic E-state index is 6.92. The maximum atomic E-state index is 6.92. The Morgan fingerprint density at radius 2 is 1.42 bits per heavy atom. The van der Waals surface area contributed by atoms with E-state index in [-0.39, 0.29) is 29.1 Å². The van der Waals surface area contributed by atoms with Gasteiger partial charge in [-0.15, -0.1) is 0 Å². The van der Waals surface area contributed by atoms with E-state index in [9.17, 15) is 0 Å². The van der Waals surface area contributed by atoms with Gasteiger partial charge >= 0.3 is 0 Å². The van der Waals surface area contributed by atoms with Gasteiger partial charge in [0, 0.05) is 0 Å². The second-order valence-corrected chi connectivity index (χ2v) is 15.9. The molecule has 6 heteroatoms. The normalized spacial score (nSPS) is 20.7. The number of hydrogen-bond acceptors (Lipinski definition) is 5. The van der Waals surface area contributed by atoms with Crippen molar-refractivity contribution >= 4 is 20.1 Å². The summed E-state index contributed by atoms with van der Waals surface area (Å²) in [4.78, 5) is 9.89. The van der Waals surface area contributed by atoms with Gasteiger partial charge in [-0.25, -0.2) is 9.98 Å². The predicted octanol–water partition coefficient (Wildman–Crippen LogP) is 7.57. The van der Waals surface area contributed by atoms with E-state index in [1.807, 2.05) is 0 Å². The molecule has 0 saturated carbocycles. The molecule has 33 heavy (non-hydrogen) atoms. The molecular weight excluding hydrogens is 428 g/mol. The van der Waals surface area contributed by atoms with Crippen LogP contribution >= 0.6 is 0 Å². The van der Waals surface area contributed by atoms with Gasteiger partial charge < -0.3 is 13.9 Å². The van der Waals surface area contributed by atoms with E-state index in [1.165, 1.54) is 32.1 Å². The fourth-order valence-corrected chi connectivity index (χ4v) is 5.12. The summed E-state index contributed by atoms with van der Waals surface area (Å²) in [6.07, 6.45) is 14.2. The Bertz CT molecular complexity index is 650. The predicted molar refractivity (Wildman–Crippen MR) is 145 cm³/mol. The Balaban J connectivity index is 2.98. The highest BCUT2D eigenvalue weighted by Gasteiger charge is 2.43. The zero-order valence-electron chi connectivity index (χ0n) is 23.2. The number of rotatable bonds is 13. The van der Waals surface area contributed by atoms with E-state index in [1.54, 1.807) is 14.2 Å². The minimum absolute atomic E-state index is 0.0861. The quantitative estimate of drug-likeness (QED) is 0.155. The number of nitrogens with zero attached hydrogens (tertiary/aromatic N) is 2. The van der Waals surface area contributed by atoms with Gasteiger partial charge in [0.1, 0.15) is 6.04 Å². The molecule has 1 rings (SSSR count). The molecule has 0 amide bonds. The molecule has 0 N–H and O–H groups in total. The molecule has 1 heterocycles. The highest BCUT2D eigenvalue weighted by Crippen LogP contribution is 2.39. The van der Waals surface area contributed by atoms with Crippen LogP contribution in [0.15, 0.2) is 22.1 Å². The number of unbranched alkanes of at least 4 members (excludes halogenated alkanes) is 5. The lowest BCUT2D eigenvalue weighted by Gasteiger charge is -2.41. The first kappa shape index (κ1) is 29.9. The Kier molecular flexibility index (Phi) is 13.0. The van der Waals surface area contributed by atoms with Gasteiger partial charge in [-0.05, 0) is 49.7 Å². The molecule has 1 aliphatic heterocycles. The van der Waals surface area contributed by atoms with Gasteiger partial charge in [0.2, 0.25) is 11.8 Å². The molecule has 0 bridgehead atoms. The average molecular weight is 481 g/mol. The first-order valence-corrected chi connectivity index (χ1v) is 16.0. The summed E-state index contributed by atoms with van der Waals surface area (Å²) < 4.78 is 18.3. The van der Waals surface area contributed by atoms with Crippen LogP contribution in [-0.2, 0) is 13.9 Å². The Morgan fingerprint density at radius 3 is 1.97 bits per heavy atom. The molecule has 0 aromatic rings. The van der Waals surface area contributed by atoms with Crippen LogP contribution in [0.4, 0.5) is 0 Å². The van der Waals surface area contributed by atoms with Crippen molar-refractivity contribution in [1.29, 1.82) is 0 Å². The zero-order valence-corrected chi connectivity index (χ0v) is 24.2. The lowest BCUT2D eigenvalue weighted by Crippen LogP contribution is -2.50. The largest absolute Gasteiger partial charge is 0.483 e. The summed E-state index contributed by atoms with van der Waals surface area (Å²) in [5.74, 6) is 1.63. The minimum atomic E-state index is -2.00. The maximum Gasteiger partial charge on any atom is 0.212 e. The molecule has 0 fully saturated rings. The second kappa shape index (κ2) is 14.3. The summed E-state index contributed by atoms with van der Waals surface area (Å²) in [6.45, 7) is 18.0. The standard InChI is InChI=1S/C27H52N2O3Si/c1-11-12-13-14-15-16-17-18-19-20-22(32-33(9,10)27(4,5)6)24-26(31-8)28-23(21(2)3)25(29-24)30-7/h17-18,21-24H,11-16,19-20H2,1-10H3/t22-,23+,24-/m0/s1. The third kappa shape index (κ3) is 9.56. The lowest BCUT2D eigenvalue weighted by molar-refractivity contribution is 0.152. The van der Waals surface area contributed by atoms with Gasteiger partial charge in [0.25, 0.3) is 0 Å². The zero-order chi connectivity index (χ0) is 25.1. The summed E-state index contributed by atoms with van der Waals surface area (Å²) in [6, 6.07) is -0.376. The van der Waals surface area contributed by atoms with Crippen LogP contribution < -0.4 is 0 Å². The molecule has 5 nitrogen and oxygen atoms in total. The molecule has 0 spiro atoms. The first-order valence-electron chi connectivity index (χ1n) is 13.0. The Labute approximate surface area is 205 Å². The highest BCUT2D eigenvalue weighted by atomic mass is 28.4. The average Bonchev–Trinajstić information content (AvgIpc) is 2.75. The molecule has 0 aromatic carbocycles. The molecule has 1 aliphatic rings. The van der Waals surface area contributed by atoms with E-state index < -0.39 is 8.32 Å². The first-order chi connectivity index (χ1) is 15.5. The molecule has 0 unspecified atom stereocenters. The number of aliphatic imine (C=N–C) groups is 2. The van der Waals surface area contributed by atoms with Crippen LogP contribution in [0.25, 0.3) is 0 Å². The van der Waals surface area contributed by atoms with Crippen LogP contribution in [0.3, 0.4) is 0 Å². The molecule has 0 aromatic heterocycles. The fourth-order valence-electron chi connectivity index (χ4n) is 3.76. The van der Waals surface area contributed by atoms with E-state index in [2.05, 4.69) is 66.8 Å². The van der Waals surface area contributed by atoms with Crippen LogP contribution in [0.2, 0.25) is 18.1 Å². The highest BCUT2D eigenvalue weighted by molar-refractivity contribution is 6.74. The summed E-state index contributed by atoms with van der Waals surface area (Å²) in [5, 5.41) is 0.118. The summed E-state index contributed by atoms with van der Waals surface area (Å²) in [7, 11) is 1.37. The molecule has 0 aliphatic carbocycles. The number of methoxy groups -OCH3 is 2. The molecule has 3 atom stereocenters. The van der Waals surface area contributed by atoms with Gasteiger partial charge in [-0.2, -0.15) is 0 Å². The van der Waals surface area contributed by atoms with Gasteiger partial charge in [0.15, 0.2) is 14.4 Å². The Morgan fingerprint density at radius 1 is 0.879 bits per heavy atom. The van der Waals surface area contributed by atoms with Crippen molar-refractivity contribution in [2.45, 2.75) is 129 Å². The van der Waals surface area contributed by atoms with Crippen molar-refractivity contribution in [2.75, 3.05) is 14.2 Å². The van der Waals surface area contributed by atoms with Crippen LogP contribution in [0.5, 0.6) is 0 Å². The lowest BCUT2D eigenvalue weighted by atomic mass is 10.00. The van der Waals surface area contributed by atoms with Crippen molar-refractivity contribution < 1.29 is 13.9 Å². The van der Waals surface area contributed by atoms with E-state index in [0.717, 1.165) is 19.3 Å². The van der Waals surface area contributed by atoms with Crippen molar-refractivity contribution in [3.05, 3.63) is 12.2 Å². The Hall–Kier alpha value is -1.14. The third-order valence-electron chi connectivity index (χ3n) is 6.95. The number of allylic oxidation sites excluding steroid dienone is 2. The fraction of sp³-hybridized carbons (Fsp3) is 0.852. The van der Waals surface area contributed by atoms with Crippen molar-refractivity contribution in [3.8, 4) is 0 Å². The van der Waals surface area contributed by atoms with E-state index in [4.69, 9.17) is 23.9 Å². The number of ether oxygens (including phenoxy) is 2. The molecule has 0 saturated heterocycles. The summed E-state index contributed by atoms with van der Waals surface area (Å²) >= 11 is 0. The smallest absolute Gasteiger partial charge is 0.212 e. The minimum Gasteiger partial charge on any atom is -0.483 e. The third-order valence-corrected chi connectivity index (χ3v) is 11.5. The van der Waals surface area contributed by atoms with Gasteiger partial charge in [-0.3, -0.25) is 0 Å². The van der Waals surface area contributed by atoms with E-state index in [0.29, 0.717) is 11.8 Å². The van der Waals surface area contributed by atoms with Crippen LogP contribution in [0.1, 0.15) is 92.9 Å². The van der Waals surface area contributed by atoms with Crippen molar-refractivity contribution in [3.63, 3.8) is 0 Å². The molecule has 0 radical (unpaired) electrons.